The number of amides is 2. The van der Waals surface area contributed by atoms with E-state index in [9.17, 15) is 9.59 Å². The number of anilines is 1. The first-order valence-electron chi connectivity index (χ1n) is 11.1. The molecule has 1 aliphatic rings. The lowest BCUT2D eigenvalue weighted by Gasteiger charge is -2.32. The van der Waals surface area contributed by atoms with Crippen molar-refractivity contribution in [2.24, 2.45) is 0 Å². The highest BCUT2D eigenvalue weighted by Gasteiger charge is 2.35. The summed E-state index contributed by atoms with van der Waals surface area (Å²) in [5.74, 6) is 0.830. The van der Waals surface area contributed by atoms with Gasteiger partial charge >= 0.3 is 0 Å². The van der Waals surface area contributed by atoms with Crippen LogP contribution in [0.1, 0.15) is 47.8 Å². The van der Waals surface area contributed by atoms with Crippen LogP contribution in [0.4, 0.5) is 5.69 Å². The molecule has 1 atom stereocenters. The number of carbonyl (C=O) groups excluding carboxylic acids is 2. The van der Waals surface area contributed by atoms with Crippen LogP contribution in [0.15, 0.2) is 71.3 Å². The van der Waals surface area contributed by atoms with Gasteiger partial charge in [-0.3, -0.25) is 14.5 Å². The molecule has 0 saturated heterocycles. The van der Waals surface area contributed by atoms with Crippen molar-refractivity contribution in [2.75, 3.05) is 19.1 Å². The largest absolute Gasteiger partial charge is 0.497 e. The third kappa shape index (κ3) is 5.03. The molecule has 7 heteroatoms. The molecular formula is C26H28N2O5. The number of hydrogen-bond donors (Lipinski definition) is 1. The fourth-order valence-electron chi connectivity index (χ4n) is 4.20. The predicted molar refractivity (Wildman–Crippen MR) is 125 cm³/mol. The molecule has 7 nitrogen and oxygen atoms in total. The number of methoxy groups -OCH3 is 2. The van der Waals surface area contributed by atoms with E-state index in [1.165, 1.54) is 11.2 Å². The van der Waals surface area contributed by atoms with Gasteiger partial charge in [-0.2, -0.15) is 0 Å². The number of benzene rings is 2. The molecule has 1 aliphatic carbocycles. The number of furan rings is 1. The van der Waals surface area contributed by atoms with Gasteiger partial charge in [-0.15, -0.1) is 0 Å². The normalized spacial score (nSPS) is 14.5. The molecule has 1 N–H and O–H groups in total. The summed E-state index contributed by atoms with van der Waals surface area (Å²) in [7, 11) is 3.17. The first-order valence-corrected chi connectivity index (χ1v) is 11.1. The van der Waals surface area contributed by atoms with E-state index < -0.39 is 11.9 Å². The summed E-state index contributed by atoms with van der Waals surface area (Å²) >= 11 is 0. The molecule has 1 aromatic heterocycles. The van der Waals surface area contributed by atoms with Crippen molar-refractivity contribution in [2.45, 2.75) is 37.8 Å². The highest BCUT2D eigenvalue weighted by molar-refractivity contribution is 6.08. The topological polar surface area (TPSA) is 81.0 Å². The predicted octanol–water partition coefficient (Wildman–Crippen LogP) is 4.74. The molecule has 1 unspecified atom stereocenters. The average Bonchev–Trinajstić information content (AvgIpc) is 3.57. The molecule has 1 saturated carbocycles. The summed E-state index contributed by atoms with van der Waals surface area (Å²) in [6.45, 7) is 0. The summed E-state index contributed by atoms with van der Waals surface area (Å²) in [5.41, 5.74) is 1.22. The Morgan fingerprint density at radius 1 is 0.939 bits per heavy atom. The van der Waals surface area contributed by atoms with Crippen LogP contribution in [-0.2, 0) is 4.79 Å². The number of carbonyl (C=O) groups is 2. The van der Waals surface area contributed by atoms with Crippen LogP contribution in [0.2, 0.25) is 0 Å². The van der Waals surface area contributed by atoms with Gasteiger partial charge in [0.25, 0.3) is 5.91 Å². The lowest BCUT2D eigenvalue weighted by molar-refractivity contribution is -0.123. The SMILES string of the molecule is COc1ccc(C(C(=O)NC2CCCC2)N(C(=O)c2ccco2)c2ccc(OC)cc2)cc1. The number of nitrogens with zero attached hydrogens (tertiary/aromatic N) is 1. The van der Waals surface area contributed by atoms with Crippen molar-refractivity contribution >= 4 is 17.5 Å². The zero-order valence-corrected chi connectivity index (χ0v) is 18.8. The molecular weight excluding hydrogens is 420 g/mol. The smallest absolute Gasteiger partial charge is 0.294 e. The molecule has 0 radical (unpaired) electrons. The Hall–Kier alpha value is -3.74. The second-order valence-corrected chi connectivity index (χ2v) is 8.02. The standard InChI is InChI=1S/C26H28N2O5/c1-31-21-13-9-18(10-14-21)24(25(29)27-19-6-3-4-7-19)28(26(30)23-8-5-17-33-23)20-11-15-22(32-2)16-12-20/h5,8-17,19,24H,3-4,6-7H2,1-2H3,(H,27,29). The maximum atomic E-state index is 13.7. The summed E-state index contributed by atoms with van der Waals surface area (Å²) < 4.78 is 16.0. The molecule has 2 amide bonds. The fourth-order valence-corrected chi connectivity index (χ4v) is 4.20. The Kier molecular flexibility index (Phi) is 6.98. The van der Waals surface area contributed by atoms with E-state index in [1.807, 2.05) is 12.1 Å². The molecule has 1 fully saturated rings. The first kappa shape index (κ1) is 22.5. The first-order chi connectivity index (χ1) is 16.1. The Balaban J connectivity index is 1.79. The van der Waals surface area contributed by atoms with Crippen molar-refractivity contribution in [1.82, 2.24) is 5.32 Å². The third-order valence-electron chi connectivity index (χ3n) is 5.94. The third-order valence-corrected chi connectivity index (χ3v) is 5.94. The monoisotopic (exact) mass is 448 g/mol. The van der Waals surface area contributed by atoms with E-state index in [4.69, 9.17) is 13.9 Å². The number of rotatable bonds is 8. The summed E-state index contributed by atoms with van der Waals surface area (Å²) in [6.07, 6.45) is 5.50. The number of hydrogen-bond acceptors (Lipinski definition) is 5. The van der Waals surface area contributed by atoms with E-state index in [0.717, 1.165) is 25.7 Å². The zero-order valence-electron chi connectivity index (χ0n) is 18.8. The van der Waals surface area contributed by atoms with Crippen molar-refractivity contribution < 1.29 is 23.5 Å². The highest BCUT2D eigenvalue weighted by atomic mass is 16.5. The molecule has 0 aliphatic heterocycles. The van der Waals surface area contributed by atoms with E-state index >= 15 is 0 Å². The van der Waals surface area contributed by atoms with Gasteiger partial charge in [-0.1, -0.05) is 25.0 Å². The molecule has 4 rings (SSSR count). The maximum Gasteiger partial charge on any atom is 0.294 e. The van der Waals surface area contributed by atoms with E-state index in [1.54, 1.807) is 62.8 Å². The molecule has 3 aromatic rings. The van der Waals surface area contributed by atoms with Crippen LogP contribution in [0.25, 0.3) is 0 Å². The number of nitrogens with one attached hydrogen (secondary N) is 1. The second-order valence-electron chi connectivity index (χ2n) is 8.02. The molecule has 172 valence electrons. The van der Waals surface area contributed by atoms with Crippen LogP contribution < -0.4 is 19.7 Å². The van der Waals surface area contributed by atoms with Crippen LogP contribution in [-0.4, -0.2) is 32.1 Å². The Labute approximate surface area is 193 Å². The Bertz CT molecular complexity index is 1060. The summed E-state index contributed by atoms with van der Waals surface area (Å²) in [4.78, 5) is 28.8. The van der Waals surface area contributed by atoms with Gasteiger partial charge in [0, 0.05) is 11.7 Å². The van der Waals surface area contributed by atoms with E-state index in [-0.39, 0.29) is 17.7 Å². The molecule has 0 spiro atoms. The van der Waals surface area contributed by atoms with Crippen LogP contribution >= 0.6 is 0 Å². The van der Waals surface area contributed by atoms with Crippen LogP contribution in [0.5, 0.6) is 11.5 Å². The Morgan fingerprint density at radius 3 is 2.09 bits per heavy atom. The van der Waals surface area contributed by atoms with Crippen LogP contribution in [0, 0.1) is 0 Å². The lowest BCUT2D eigenvalue weighted by atomic mass is 10.0. The van der Waals surface area contributed by atoms with Crippen molar-refractivity contribution in [1.29, 1.82) is 0 Å². The fraction of sp³-hybridized carbons (Fsp3) is 0.308. The average molecular weight is 449 g/mol. The minimum absolute atomic E-state index is 0.106. The minimum atomic E-state index is -0.900. The molecule has 0 bridgehead atoms. The quantitative estimate of drug-likeness (QED) is 0.538. The van der Waals surface area contributed by atoms with Crippen molar-refractivity contribution in [3.8, 4) is 11.5 Å². The maximum absolute atomic E-state index is 13.7. The van der Waals surface area contributed by atoms with E-state index in [2.05, 4.69) is 5.32 Å². The van der Waals surface area contributed by atoms with Gasteiger partial charge < -0.3 is 19.2 Å². The molecule has 33 heavy (non-hydrogen) atoms. The van der Waals surface area contributed by atoms with Gasteiger partial charge in [0.2, 0.25) is 5.91 Å². The van der Waals surface area contributed by atoms with Crippen molar-refractivity contribution in [3.05, 3.63) is 78.3 Å². The van der Waals surface area contributed by atoms with Gasteiger partial charge in [-0.05, 0) is 66.9 Å². The number of ether oxygens (including phenoxy) is 2. The second kappa shape index (κ2) is 10.3. The van der Waals surface area contributed by atoms with Gasteiger partial charge in [0.1, 0.15) is 17.5 Å². The van der Waals surface area contributed by atoms with Crippen LogP contribution in [0.3, 0.4) is 0 Å². The summed E-state index contributed by atoms with van der Waals surface area (Å²) in [5, 5.41) is 3.16. The highest BCUT2D eigenvalue weighted by Crippen LogP contribution is 2.32. The Morgan fingerprint density at radius 2 is 1.55 bits per heavy atom. The molecule has 1 heterocycles. The minimum Gasteiger partial charge on any atom is -0.497 e. The lowest BCUT2D eigenvalue weighted by Crippen LogP contribution is -2.46. The summed E-state index contributed by atoms with van der Waals surface area (Å²) in [6, 6.07) is 16.7. The molecule has 2 aromatic carbocycles. The zero-order chi connectivity index (χ0) is 23.2. The van der Waals surface area contributed by atoms with Gasteiger partial charge in [0.05, 0.1) is 20.5 Å². The van der Waals surface area contributed by atoms with E-state index in [0.29, 0.717) is 22.7 Å². The van der Waals surface area contributed by atoms with Gasteiger partial charge in [0.15, 0.2) is 5.76 Å². The van der Waals surface area contributed by atoms with Gasteiger partial charge in [-0.25, -0.2) is 0 Å². The van der Waals surface area contributed by atoms with Crippen molar-refractivity contribution in [3.63, 3.8) is 0 Å².